The molecule has 0 atom stereocenters. The number of pyridine rings is 1. The summed E-state index contributed by atoms with van der Waals surface area (Å²) >= 11 is 0. The van der Waals surface area contributed by atoms with Gasteiger partial charge in [-0.1, -0.05) is 0 Å². The summed E-state index contributed by atoms with van der Waals surface area (Å²) in [6.07, 6.45) is 3.34. The average Bonchev–Trinajstić information content (AvgIpc) is 3.18. The van der Waals surface area contributed by atoms with E-state index >= 15 is 0 Å². The quantitative estimate of drug-likeness (QED) is 0.682. The number of oxazole rings is 1. The first kappa shape index (κ1) is 17.5. The molecule has 28 heavy (non-hydrogen) atoms. The molecule has 3 aromatic rings. The first-order chi connectivity index (χ1) is 13.6. The maximum absolute atomic E-state index is 11.6. The fourth-order valence-electron chi connectivity index (χ4n) is 2.99. The Morgan fingerprint density at radius 1 is 1.29 bits per heavy atom. The number of carbonyl (C=O) groups excluding carboxylic acids is 1. The summed E-state index contributed by atoms with van der Waals surface area (Å²) in [5.41, 5.74) is 3.02. The lowest BCUT2D eigenvalue weighted by Crippen LogP contribution is -2.47. The van der Waals surface area contributed by atoms with Gasteiger partial charge >= 0.3 is 0 Å². The molecule has 1 aromatic carbocycles. The van der Waals surface area contributed by atoms with Gasteiger partial charge in [-0.2, -0.15) is 0 Å². The number of anilines is 3. The van der Waals surface area contributed by atoms with Crippen molar-refractivity contribution in [3.8, 4) is 11.3 Å². The number of aromatic nitrogens is 2. The molecule has 0 unspecified atom stereocenters. The molecule has 0 radical (unpaired) electrons. The molecule has 140 valence electrons. The minimum atomic E-state index is -0.0573. The highest BCUT2D eigenvalue weighted by molar-refractivity contribution is 5.82. The predicted molar refractivity (Wildman–Crippen MR) is 106 cm³/mol. The van der Waals surface area contributed by atoms with Gasteiger partial charge in [0, 0.05) is 30.5 Å². The van der Waals surface area contributed by atoms with Gasteiger partial charge in [-0.3, -0.25) is 4.79 Å². The Labute approximate surface area is 162 Å². The molecule has 0 bridgehead atoms. The molecule has 8 nitrogen and oxygen atoms in total. The van der Waals surface area contributed by atoms with Crippen LogP contribution in [0.5, 0.6) is 0 Å². The molecule has 3 heterocycles. The summed E-state index contributed by atoms with van der Waals surface area (Å²) in [5, 5.41) is 6.00. The van der Waals surface area contributed by atoms with Crippen LogP contribution in [0.25, 0.3) is 16.2 Å². The van der Waals surface area contributed by atoms with E-state index in [0.29, 0.717) is 36.4 Å². The smallest absolute Gasteiger partial charge is 0.298 e. The second kappa shape index (κ2) is 7.40. The highest BCUT2D eigenvalue weighted by atomic mass is 16.4. The average molecular weight is 374 g/mol. The van der Waals surface area contributed by atoms with Crippen LogP contribution >= 0.6 is 0 Å². The van der Waals surface area contributed by atoms with E-state index in [9.17, 15) is 4.79 Å². The van der Waals surface area contributed by atoms with Crippen molar-refractivity contribution in [2.24, 2.45) is 0 Å². The van der Waals surface area contributed by atoms with Gasteiger partial charge < -0.3 is 20.0 Å². The van der Waals surface area contributed by atoms with Crippen molar-refractivity contribution in [3.05, 3.63) is 59.7 Å². The summed E-state index contributed by atoms with van der Waals surface area (Å²) in [6, 6.07) is 9.63. The lowest BCUT2D eigenvalue weighted by atomic mass is 10.1. The number of benzene rings is 1. The molecule has 2 N–H and O–H groups in total. The van der Waals surface area contributed by atoms with Gasteiger partial charge in [-0.15, -0.1) is 0 Å². The molecule has 1 aliphatic rings. The lowest BCUT2D eigenvalue weighted by molar-refractivity contribution is -0.120. The van der Waals surface area contributed by atoms with Crippen LogP contribution in [0.3, 0.4) is 0 Å². The van der Waals surface area contributed by atoms with Crippen LogP contribution in [-0.4, -0.2) is 35.5 Å². The molecule has 1 fully saturated rings. The van der Waals surface area contributed by atoms with E-state index in [2.05, 4.69) is 25.4 Å². The minimum Gasteiger partial charge on any atom is -0.423 e. The summed E-state index contributed by atoms with van der Waals surface area (Å²) in [6.45, 7) is 10.8. The maximum atomic E-state index is 11.6. The molecule has 0 saturated carbocycles. The van der Waals surface area contributed by atoms with Crippen molar-refractivity contribution in [1.29, 1.82) is 0 Å². The van der Waals surface area contributed by atoms with Crippen LogP contribution in [0, 0.1) is 13.5 Å². The number of hydrogen-bond donors (Lipinski definition) is 2. The van der Waals surface area contributed by atoms with Gasteiger partial charge in [-0.25, -0.2) is 14.8 Å². The number of carbonyl (C=O) groups is 1. The molecule has 1 amide bonds. The number of piperazine rings is 1. The third-order valence-electron chi connectivity index (χ3n) is 4.32. The Hall–Kier alpha value is -3.86. The molecule has 0 spiro atoms. The number of nitrogens with one attached hydrogen (secondary N) is 2. The van der Waals surface area contributed by atoms with Gasteiger partial charge in [0.1, 0.15) is 12.4 Å². The summed E-state index contributed by atoms with van der Waals surface area (Å²) in [7, 11) is 0. The van der Waals surface area contributed by atoms with Crippen molar-refractivity contribution < 1.29 is 9.21 Å². The van der Waals surface area contributed by atoms with Crippen LogP contribution in [0.2, 0.25) is 0 Å². The fraction of sp³-hybridized carbons (Fsp3) is 0.200. The Morgan fingerprint density at radius 3 is 2.96 bits per heavy atom. The number of hydrogen-bond acceptors (Lipinski definition) is 6. The van der Waals surface area contributed by atoms with Crippen LogP contribution in [0.15, 0.2) is 47.1 Å². The zero-order valence-corrected chi connectivity index (χ0v) is 15.3. The van der Waals surface area contributed by atoms with E-state index in [1.807, 2.05) is 25.1 Å². The lowest BCUT2D eigenvalue weighted by Gasteiger charge is -2.24. The van der Waals surface area contributed by atoms with E-state index in [0.717, 1.165) is 16.8 Å². The van der Waals surface area contributed by atoms with Crippen LogP contribution in [-0.2, 0) is 4.79 Å². The topological polar surface area (TPSA) is 87.7 Å². The zero-order chi connectivity index (χ0) is 19.5. The van der Waals surface area contributed by atoms with E-state index < -0.39 is 0 Å². The van der Waals surface area contributed by atoms with Crippen molar-refractivity contribution >= 4 is 29.1 Å². The number of amides is 1. The van der Waals surface area contributed by atoms with Crippen molar-refractivity contribution in [3.63, 3.8) is 0 Å². The third-order valence-corrected chi connectivity index (χ3v) is 4.32. The largest absolute Gasteiger partial charge is 0.423 e. The van der Waals surface area contributed by atoms with E-state index in [4.69, 9.17) is 11.0 Å². The first-order valence-corrected chi connectivity index (χ1v) is 8.81. The number of rotatable bonds is 4. The molecule has 1 aliphatic heterocycles. The van der Waals surface area contributed by atoms with Gasteiger partial charge in [0.05, 0.1) is 12.8 Å². The zero-order valence-electron chi connectivity index (χ0n) is 15.3. The summed E-state index contributed by atoms with van der Waals surface area (Å²) in [5.74, 6) is 1.18. The van der Waals surface area contributed by atoms with Crippen LogP contribution in [0.1, 0.15) is 5.56 Å². The molecular formula is C20H18N6O2. The standard InChI is InChI=1S/C20H18N6O2/c1-13-3-4-22-18(7-13)25-16-9-14(8-15(10-16)21-2)17-11-24-20(28-17)26-6-5-23-19(27)12-26/h3-4,7-11H,5-6,12H2,1H3,(H,22,25)(H,23,27). The third kappa shape index (κ3) is 3.78. The predicted octanol–water partition coefficient (Wildman–Crippen LogP) is 3.28. The van der Waals surface area contributed by atoms with Gasteiger partial charge in [0.2, 0.25) is 5.91 Å². The monoisotopic (exact) mass is 374 g/mol. The highest BCUT2D eigenvalue weighted by Gasteiger charge is 2.21. The summed E-state index contributed by atoms with van der Waals surface area (Å²) < 4.78 is 5.87. The second-order valence-electron chi connectivity index (χ2n) is 6.50. The number of aryl methyl sites for hydroxylation is 1. The molecule has 1 saturated heterocycles. The molecule has 4 rings (SSSR count). The Kier molecular flexibility index (Phi) is 4.64. The Bertz CT molecular complexity index is 1070. The van der Waals surface area contributed by atoms with Crippen molar-refractivity contribution in [2.75, 3.05) is 29.9 Å². The van der Waals surface area contributed by atoms with Crippen molar-refractivity contribution in [2.45, 2.75) is 6.92 Å². The first-order valence-electron chi connectivity index (χ1n) is 8.81. The molecular weight excluding hydrogens is 356 g/mol. The Balaban J connectivity index is 1.63. The minimum absolute atomic E-state index is 0.0573. The van der Waals surface area contributed by atoms with Gasteiger partial charge in [0.15, 0.2) is 11.4 Å². The van der Waals surface area contributed by atoms with E-state index in [-0.39, 0.29) is 12.5 Å². The fourth-order valence-corrected chi connectivity index (χ4v) is 2.99. The number of nitrogens with zero attached hydrogens (tertiary/aromatic N) is 4. The molecule has 2 aromatic heterocycles. The highest BCUT2D eigenvalue weighted by Crippen LogP contribution is 2.32. The normalized spacial score (nSPS) is 13.7. The van der Waals surface area contributed by atoms with Gasteiger partial charge in [-0.05, 0) is 42.8 Å². The molecule has 0 aliphatic carbocycles. The Morgan fingerprint density at radius 2 is 2.18 bits per heavy atom. The van der Waals surface area contributed by atoms with Crippen molar-refractivity contribution in [1.82, 2.24) is 15.3 Å². The van der Waals surface area contributed by atoms with Crippen LogP contribution in [0.4, 0.5) is 23.2 Å². The van der Waals surface area contributed by atoms with E-state index in [1.165, 1.54) is 0 Å². The molecule has 8 heteroatoms. The van der Waals surface area contributed by atoms with Crippen LogP contribution < -0.4 is 15.5 Å². The maximum Gasteiger partial charge on any atom is 0.298 e. The second-order valence-corrected chi connectivity index (χ2v) is 6.50. The van der Waals surface area contributed by atoms with E-state index in [1.54, 1.807) is 29.4 Å². The van der Waals surface area contributed by atoms with Gasteiger partial charge in [0.25, 0.3) is 6.01 Å². The summed E-state index contributed by atoms with van der Waals surface area (Å²) in [4.78, 5) is 25.5. The SMILES string of the molecule is [C-]#[N+]c1cc(Nc2cc(C)ccn2)cc(-c2cnc(N3CCNC(=O)C3)o2)c1.